The molecule has 0 bridgehead atoms. The van der Waals surface area contributed by atoms with Crippen LogP contribution in [0.5, 0.6) is 0 Å². The number of benzene rings is 1. The Balaban J connectivity index is 1.42. The largest absolute Gasteiger partial charge is 0.345 e. The van der Waals surface area contributed by atoms with Gasteiger partial charge in [-0.2, -0.15) is 0 Å². The molecule has 4 rings (SSSR count). The molecule has 130 valence electrons. The van der Waals surface area contributed by atoms with E-state index in [-0.39, 0.29) is 11.9 Å². The van der Waals surface area contributed by atoms with Crippen molar-refractivity contribution in [1.82, 2.24) is 19.4 Å². The third kappa shape index (κ3) is 3.00. The lowest BCUT2D eigenvalue weighted by Crippen LogP contribution is -2.50. The molecule has 3 heterocycles. The zero-order chi connectivity index (χ0) is 17.4. The first-order valence-corrected chi connectivity index (χ1v) is 9.34. The fourth-order valence-corrected chi connectivity index (χ4v) is 4.31. The zero-order valence-corrected chi connectivity index (χ0v) is 15.2. The molecule has 0 spiro atoms. The van der Waals surface area contributed by atoms with Gasteiger partial charge in [0.15, 0.2) is 5.13 Å². The second-order valence-corrected chi connectivity index (χ2v) is 7.34. The summed E-state index contributed by atoms with van der Waals surface area (Å²) < 4.78 is 3.14. The lowest BCUT2D eigenvalue weighted by atomic mass is 10.2. The van der Waals surface area contributed by atoms with Crippen molar-refractivity contribution in [3.8, 4) is 0 Å². The van der Waals surface area contributed by atoms with Gasteiger partial charge in [0.25, 0.3) is 0 Å². The van der Waals surface area contributed by atoms with Crippen LogP contribution in [0.25, 0.3) is 10.2 Å². The van der Waals surface area contributed by atoms with Crippen LogP contribution in [0.3, 0.4) is 0 Å². The first-order valence-electron chi connectivity index (χ1n) is 8.52. The summed E-state index contributed by atoms with van der Waals surface area (Å²) in [6.45, 7) is 6.97. The summed E-state index contributed by atoms with van der Waals surface area (Å²) in [4.78, 5) is 25.9. The molecular weight excluding hydrogens is 334 g/mol. The quantitative estimate of drug-likeness (QED) is 0.725. The van der Waals surface area contributed by atoms with Gasteiger partial charge in [-0.1, -0.05) is 23.5 Å². The molecule has 3 aromatic rings. The van der Waals surface area contributed by atoms with Crippen molar-refractivity contribution in [3.05, 3.63) is 42.5 Å². The van der Waals surface area contributed by atoms with Crippen LogP contribution in [-0.4, -0.2) is 51.5 Å². The lowest BCUT2D eigenvalue weighted by molar-refractivity contribution is -0.134. The molecule has 1 atom stereocenters. The van der Waals surface area contributed by atoms with Gasteiger partial charge in [0, 0.05) is 38.6 Å². The number of carbonyl (C=O) groups excluding carboxylic acids is 1. The summed E-state index contributed by atoms with van der Waals surface area (Å²) in [7, 11) is 0. The maximum atomic E-state index is 12.8. The van der Waals surface area contributed by atoms with Crippen LogP contribution < -0.4 is 4.90 Å². The van der Waals surface area contributed by atoms with Gasteiger partial charge in [0.2, 0.25) is 5.91 Å². The number of amides is 1. The van der Waals surface area contributed by atoms with Gasteiger partial charge in [0.05, 0.1) is 10.2 Å². The number of hydrogen-bond donors (Lipinski definition) is 0. The Morgan fingerprint density at radius 1 is 1.20 bits per heavy atom. The van der Waals surface area contributed by atoms with Crippen molar-refractivity contribution in [3.63, 3.8) is 0 Å². The molecule has 0 saturated carbocycles. The van der Waals surface area contributed by atoms with Crippen LogP contribution in [-0.2, 0) is 4.79 Å². The maximum absolute atomic E-state index is 12.8. The Bertz CT molecular complexity index is 861. The standard InChI is InChI=1S/C18H21N5OS/c1-13(23-8-7-19-14(23)2)17(24)21-9-11-22(12-10-21)18-20-15-5-3-4-6-16(15)25-18/h3-8,13H,9-12H2,1-2H3/t13-/m0/s1. The number of aryl methyl sites for hydroxylation is 1. The molecule has 0 aliphatic carbocycles. The Morgan fingerprint density at radius 2 is 1.96 bits per heavy atom. The van der Waals surface area contributed by atoms with Gasteiger partial charge in [0.1, 0.15) is 11.9 Å². The van der Waals surface area contributed by atoms with Gasteiger partial charge in [-0.05, 0) is 26.0 Å². The predicted octanol–water partition coefficient (Wildman–Crippen LogP) is 2.71. The fourth-order valence-electron chi connectivity index (χ4n) is 3.29. The van der Waals surface area contributed by atoms with E-state index in [9.17, 15) is 4.79 Å². The third-order valence-electron chi connectivity index (χ3n) is 4.78. The molecule has 1 aliphatic heterocycles. The number of carbonyl (C=O) groups is 1. The van der Waals surface area contributed by atoms with E-state index in [0.717, 1.165) is 42.7 Å². The monoisotopic (exact) mass is 355 g/mol. The summed E-state index contributed by atoms with van der Waals surface area (Å²) in [6, 6.07) is 7.99. The van der Waals surface area contributed by atoms with Crippen molar-refractivity contribution < 1.29 is 4.79 Å². The summed E-state index contributed by atoms with van der Waals surface area (Å²) in [5.74, 6) is 1.03. The lowest BCUT2D eigenvalue weighted by Gasteiger charge is -2.36. The van der Waals surface area contributed by atoms with E-state index in [0.29, 0.717) is 0 Å². The molecule has 0 unspecified atom stereocenters. The number of hydrogen-bond acceptors (Lipinski definition) is 5. The minimum Gasteiger partial charge on any atom is -0.345 e. The normalized spacial score (nSPS) is 16.4. The summed E-state index contributed by atoms with van der Waals surface area (Å²) in [5, 5.41) is 1.05. The number of nitrogens with zero attached hydrogens (tertiary/aromatic N) is 5. The molecule has 1 fully saturated rings. The number of para-hydroxylation sites is 1. The van der Waals surface area contributed by atoms with Crippen LogP contribution in [0.1, 0.15) is 18.8 Å². The highest BCUT2D eigenvalue weighted by Crippen LogP contribution is 2.29. The average Bonchev–Trinajstić information content (AvgIpc) is 3.26. The predicted molar refractivity (Wildman–Crippen MR) is 100 cm³/mol. The van der Waals surface area contributed by atoms with E-state index < -0.39 is 0 Å². The van der Waals surface area contributed by atoms with Crippen LogP contribution in [0, 0.1) is 6.92 Å². The SMILES string of the molecule is Cc1nccn1[C@@H](C)C(=O)N1CCN(c2nc3ccccc3s2)CC1. The van der Waals surface area contributed by atoms with E-state index in [1.807, 2.05) is 47.7 Å². The molecule has 1 aromatic carbocycles. The third-order valence-corrected chi connectivity index (χ3v) is 5.88. The van der Waals surface area contributed by atoms with Gasteiger partial charge in [-0.3, -0.25) is 4.79 Å². The van der Waals surface area contributed by atoms with Crippen molar-refractivity contribution in [2.75, 3.05) is 31.1 Å². The minimum atomic E-state index is -0.212. The van der Waals surface area contributed by atoms with Crippen LogP contribution >= 0.6 is 11.3 Å². The summed E-state index contributed by atoms with van der Waals surface area (Å²) in [5.41, 5.74) is 1.05. The second kappa shape index (κ2) is 6.48. The van der Waals surface area contributed by atoms with E-state index in [2.05, 4.69) is 16.0 Å². The Morgan fingerprint density at radius 3 is 2.64 bits per heavy atom. The smallest absolute Gasteiger partial charge is 0.245 e. The maximum Gasteiger partial charge on any atom is 0.245 e. The highest BCUT2D eigenvalue weighted by atomic mass is 32.1. The van der Waals surface area contributed by atoms with E-state index in [1.54, 1.807) is 17.5 Å². The van der Waals surface area contributed by atoms with Gasteiger partial charge >= 0.3 is 0 Å². The number of rotatable bonds is 3. The van der Waals surface area contributed by atoms with Gasteiger partial charge < -0.3 is 14.4 Å². The molecule has 0 radical (unpaired) electrons. The Labute approximate surface area is 150 Å². The molecular formula is C18H21N5OS. The molecule has 1 aliphatic rings. The number of thiazole rings is 1. The first kappa shape index (κ1) is 16.1. The number of aromatic nitrogens is 3. The molecule has 25 heavy (non-hydrogen) atoms. The van der Waals surface area contributed by atoms with Crippen molar-refractivity contribution in [2.45, 2.75) is 19.9 Å². The number of imidazole rings is 1. The average molecular weight is 355 g/mol. The molecule has 7 heteroatoms. The van der Waals surface area contributed by atoms with Gasteiger partial charge in [-0.15, -0.1) is 0 Å². The van der Waals surface area contributed by atoms with E-state index >= 15 is 0 Å². The van der Waals surface area contributed by atoms with Crippen LogP contribution in [0.4, 0.5) is 5.13 Å². The molecule has 1 amide bonds. The number of piperazine rings is 1. The van der Waals surface area contributed by atoms with Crippen LogP contribution in [0.15, 0.2) is 36.7 Å². The van der Waals surface area contributed by atoms with E-state index in [1.165, 1.54) is 4.70 Å². The fraction of sp³-hybridized carbons (Fsp3) is 0.389. The summed E-state index contributed by atoms with van der Waals surface area (Å²) >= 11 is 1.72. The Kier molecular flexibility index (Phi) is 4.17. The molecule has 0 N–H and O–H groups in total. The zero-order valence-electron chi connectivity index (χ0n) is 14.4. The first-order chi connectivity index (χ1) is 12.1. The molecule has 2 aromatic heterocycles. The van der Waals surface area contributed by atoms with Gasteiger partial charge in [-0.25, -0.2) is 9.97 Å². The number of fused-ring (bicyclic) bond motifs is 1. The second-order valence-electron chi connectivity index (χ2n) is 6.33. The topological polar surface area (TPSA) is 54.3 Å². The van der Waals surface area contributed by atoms with Crippen LogP contribution in [0.2, 0.25) is 0 Å². The van der Waals surface area contributed by atoms with E-state index in [4.69, 9.17) is 4.98 Å². The number of anilines is 1. The van der Waals surface area contributed by atoms with Crippen molar-refractivity contribution >= 4 is 32.6 Å². The minimum absolute atomic E-state index is 0.157. The Hall–Kier alpha value is -2.41. The van der Waals surface area contributed by atoms with Crippen molar-refractivity contribution in [2.24, 2.45) is 0 Å². The highest BCUT2D eigenvalue weighted by molar-refractivity contribution is 7.22. The summed E-state index contributed by atoms with van der Waals surface area (Å²) in [6.07, 6.45) is 3.61. The molecule has 1 saturated heterocycles. The van der Waals surface area contributed by atoms with Crippen molar-refractivity contribution in [1.29, 1.82) is 0 Å². The highest BCUT2D eigenvalue weighted by Gasteiger charge is 2.27. The molecule has 6 nitrogen and oxygen atoms in total.